The van der Waals surface area contributed by atoms with Gasteiger partial charge in [-0.1, -0.05) is 19.1 Å². The first-order valence-corrected chi connectivity index (χ1v) is 5.82. The van der Waals surface area contributed by atoms with Crippen molar-refractivity contribution in [3.05, 3.63) is 29.3 Å². The lowest BCUT2D eigenvalue weighted by atomic mass is 10.1. The van der Waals surface area contributed by atoms with Crippen LogP contribution >= 0.6 is 0 Å². The molecule has 0 bridgehead atoms. The molecule has 0 aromatic heterocycles. The molecule has 0 fully saturated rings. The van der Waals surface area contributed by atoms with E-state index in [0.29, 0.717) is 12.3 Å². The highest BCUT2D eigenvalue weighted by Crippen LogP contribution is 2.24. The zero-order valence-corrected chi connectivity index (χ0v) is 8.60. The minimum atomic E-state index is -3.57. The van der Waals surface area contributed by atoms with E-state index in [1.165, 1.54) is 5.56 Å². The average molecular weight is 213 g/mol. The molecular weight excluding hydrogens is 202 g/mol. The lowest BCUT2D eigenvalue weighted by molar-refractivity contribution is 0.453. The predicted molar refractivity (Wildman–Crippen MR) is 52.2 cm³/mol. The molecule has 14 heavy (non-hydrogen) atoms. The van der Waals surface area contributed by atoms with Gasteiger partial charge in [0.2, 0.25) is 0 Å². The number of fused-ring (bicyclic) bond motifs is 1. The van der Waals surface area contributed by atoms with E-state index in [4.69, 9.17) is 4.18 Å². The smallest absolute Gasteiger partial charge is 0.371 e. The van der Waals surface area contributed by atoms with E-state index < -0.39 is 10.3 Å². The molecule has 5 heteroatoms. The van der Waals surface area contributed by atoms with Crippen molar-refractivity contribution >= 4 is 10.3 Å². The van der Waals surface area contributed by atoms with Gasteiger partial charge in [0, 0.05) is 12.1 Å². The van der Waals surface area contributed by atoms with E-state index >= 15 is 0 Å². The number of rotatable bonds is 1. The molecule has 1 N–H and O–H groups in total. The van der Waals surface area contributed by atoms with Gasteiger partial charge in [-0.15, -0.1) is 0 Å². The standard InChI is InChI=1S/C9H11NO3S/c1-2-7-3-4-9-8(5-7)6-10-14(11,12)13-9/h3-5,10H,2,6H2,1H3. The van der Waals surface area contributed by atoms with Crippen molar-refractivity contribution in [2.24, 2.45) is 0 Å². The minimum absolute atomic E-state index is 0.311. The Kier molecular flexibility index (Phi) is 2.20. The summed E-state index contributed by atoms with van der Waals surface area (Å²) in [6.45, 7) is 2.36. The van der Waals surface area contributed by atoms with Crippen LogP contribution in [0.3, 0.4) is 0 Å². The second kappa shape index (κ2) is 3.25. The van der Waals surface area contributed by atoms with Gasteiger partial charge in [0.15, 0.2) is 0 Å². The zero-order valence-electron chi connectivity index (χ0n) is 7.78. The summed E-state index contributed by atoms with van der Waals surface area (Å²) in [7, 11) is -3.57. The van der Waals surface area contributed by atoms with Gasteiger partial charge in [0.25, 0.3) is 0 Å². The van der Waals surface area contributed by atoms with Crippen LogP contribution in [0.2, 0.25) is 0 Å². The highest BCUT2D eigenvalue weighted by Gasteiger charge is 2.21. The molecule has 0 amide bonds. The van der Waals surface area contributed by atoms with Crippen molar-refractivity contribution in [3.8, 4) is 5.75 Å². The molecule has 0 saturated heterocycles. The number of hydrogen-bond acceptors (Lipinski definition) is 3. The molecule has 1 aromatic rings. The summed E-state index contributed by atoms with van der Waals surface area (Å²) in [5, 5.41) is 0. The van der Waals surface area contributed by atoms with Crippen LogP contribution in [0.4, 0.5) is 0 Å². The first kappa shape index (κ1) is 9.48. The lowest BCUT2D eigenvalue weighted by Gasteiger charge is -2.18. The summed E-state index contributed by atoms with van der Waals surface area (Å²) in [5.74, 6) is 0.431. The molecular formula is C9H11NO3S. The fourth-order valence-corrected chi connectivity index (χ4v) is 2.18. The van der Waals surface area contributed by atoms with Crippen molar-refractivity contribution in [3.63, 3.8) is 0 Å². The van der Waals surface area contributed by atoms with E-state index in [-0.39, 0.29) is 0 Å². The number of hydrogen-bond donors (Lipinski definition) is 1. The van der Waals surface area contributed by atoms with Crippen LogP contribution in [0.25, 0.3) is 0 Å². The Morgan fingerprint density at radius 1 is 1.50 bits per heavy atom. The summed E-state index contributed by atoms with van der Waals surface area (Å²) in [6.07, 6.45) is 0.931. The Balaban J connectivity index is 2.42. The zero-order chi connectivity index (χ0) is 10.2. The van der Waals surface area contributed by atoms with Crippen LogP contribution < -0.4 is 8.91 Å². The maximum Gasteiger partial charge on any atom is 0.382 e. The van der Waals surface area contributed by atoms with Gasteiger partial charge in [-0.2, -0.15) is 13.1 Å². The van der Waals surface area contributed by atoms with Crippen LogP contribution in [0.15, 0.2) is 18.2 Å². The summed E-state index contributed by atoms with van der Waals surface area (Å²) in [6, 6.07) is 5.53. The Labute approximate surface area is 83.2 Å². The van der Waals surface area contributed by atoms with E-state index in [2.05, 4.69) is 11.6 Å². The van der Waals surface area contributed by atoms with Gasteiger partial charge < -0.3 is 4.18 Å². The number of aryl methyl sites for hydroxylation is 1. The lowest BCUT2D eigenvalue weighted by Crippen LogP contribution is -2.32. The van der Waals surface area contributed by atoms with Gasteiger partial charge in [-0.05, 0) is 18.1 Å². The van der Waals surface area contributed by atoms with E-state index in [0.717, 1.165) is 12.0 Å². The Bertz CT molecular complexity index is 453. The Morgan fingerprint density at radius 3 is 3.00 bits per heavy atom. The molecule has 0 saturated carbocycles. The van der Waals surface area contributed by atoms with E-state index in [1.54, 1.807) is 6.07 Å². The first-order chi connectivity index (χ1) is 6.61. The van der Waals surface area contributed by atoms with E-state index in [1.807, 2.05) is 12.1 Å². The molecule has 0 unspecified atom stereocenters. The molecule has 0 radical (unpaired) electrons. The quantitative estimate of drug-likeness (QED) is 0.756. The molecule has 0 spiro atoms. The fourth-order valence-electron chi connectivity index (χ4n) is 1.39. The molecule has 1 aliphatic heterocycles. The second-order valence-electron chi connectivity index (χ2n) is 3.15. The molecule has 0 aliphatic carbocycles. The summed E-state index contributed by atoms with van der Waals surface area (Å²) in [4.78, 5) is 0. The maximum absolute atomic E-state index is 11.0. The molecule has 0 atom stereocenters. The van der Waals surface area contributed by atoms with Crippen LogP contribution in [-0.2, 0) is 23.3 Å². The Hall–Kier alpha value is -1.07. The maximum atomic E-state index is 11.0. The van der Waals surface area contributed by atoms with Crippen molar-refractivity contribution < 1.29 is 12.6 Å². The van der Waals surface area contributed by atoms with Gasteiger partial charge >= 0.3 is 10.3 Å². The number of nitrogens with one attached hydrogen (secondary N) is 1. The van der Waals surface area contributed by atoms with Crippen molar-refractivity contribution in [2.45, 2.75) is 19.9 Å². The minimum Gasteiger partial charge on any atom is -0.371 e. The molecule has 4 nitrogen and oxygen atoms in total. The van der Waals surface area contributed by atoms with Crippen molar-refractivity contribution in [1.29, 1.82) is 0 Å². The van der Waals surface area contributed by atoms with Gasteiger partial charge in [-0.25, -0.2) is 0 Å². The monoisotopic (exact) mass is 213 g/mol. The highest BCUT2D eigenvalue weighted by molar-refractivity contribution is 7.85. The average Bonchev–Trinajstić information content (AvgIpc) is 2.16. The molecule has 2 rings (SSSR count). The second-order valence-corrected chi connectivity index (χ2v) is 4.52. The summed E-state index contributed by atoms with van der Waals surface area (Å²) >= 11 is 0. The third-order valence-electron chi connectivity index (χ3n) is 2.17. The SMILES string of the molecule is CCc1ccc2c(c1)CNS(=O)(=O)O2. The van der Waals surface area contributed by atoms with Gasteiger partial charge in [-0.3, -0.25) is 0 Å². The third kappa shape index (κ3) is 1.73. The third-order valence-corrected chi connectivity index (χ3v) is 3.07. The normalized spacial score (nSPS) is 18.4. The summed E-state index contributed by atoms with van der Waals surface area (Å²) < 4.78 is 29.2. The van der Waals surface area contributed by atoms with Crippen molar-refractivity contribution in [2.75, 3.05) is 0 Å². The van der Waals surface area contributed by atoms with E-state index in [9.17, 15) is 8.42 Å². The predicted octanol–water partition coefficient (Wildman–Crippen LogP) is 0.976. The van der Waals surface area contributed by atoms with Crippen LogP contribution in [0, 0.1) is 0 Å². The van der Waals surface area contributed by atoms with Crippen LogP contribution in [-0.4, -0.2) is 8.42 Å². The molecule has 1 aromatic carbocycles. The van der Waals surface area contributed by atoms with Crippen LogP contribution in [0.5, 0.6) is 5.75 Å². The summed E-state index contributed by atoms with van der Waals surface area (Å²) in [5.41, 5.74) is 2.06. The molecule has 1 aliphatic rings. The fraction of sp³-hybridized carbons (Fsp3) is 0.333. The van der Waals surface area contributed by atoms with Gasteiger partial charge in [0.05, 0.1) is 0 Å². The Morgan fingerprint density at radius 2 is 2.29 bits per heavy atom. The van der Waals surface area contributed by atoms with Gasteiger partial charge in [0.1, 0.15) is 5.75 Å². The first-order valence-electron chi connectivity index (χ1n) is 4.41. The number of benzene rings is 1. The topological polar surface area (TPSA) is 55.4 Å². The molecule has 1 heterocycles. The highest BCUT2D eigenvalue weighted by atomic mass is 32.2. The van der Waals surface area contributed by atoms with Crippen molar-refractivity contribution in [1.82, 2.24) is 4.72 Å². The largest absolute Gasteiger partial charge is 0.382 e. The van der Waals surface area contributed by atoms with Crippen LogP contribution in [0.1, 0.15) is 18.1 Å². The molecule has 76 valence electrons.